The van der Waals surface area contributed by atoms with Crippen molar-refractivity contribution >= 4 is 29.1 Å². The number of pyridine rings is 1. The van der Waals surface area contributed by atoms with Gasteiger partial charge < -0.3 is 9.80 Å². The van der Waals surface area contributed by atoms with Crippen LogP contribution in [0, 0.1) is 11.6 Å². The number of aromatic nitrogens is 3. The van der Waals surface area contributed by atoms with Crippen LogP contribution < -0.4 is 4.90 Å². The van der Waals surface area contributed by atoms with E-state index < -0.39 is 11.6 Å². The molecule has 0 N–H and O–H groups in total. The summed E-state index contributed by atoms with van der Waals surface area (Å²) in [5, 5.41) is 8.80. The van der Waals surface area contributed by atoms with Crippen molar-refractivity contribution < 1.29 is 13.6 Å². The van der Waals surface area contributed by atoms with Gasteiger partial charge in [0, 0.05) is 37.9 Å². The summed E-state index contributed by atoms with van der Waals surface area (Å²) in [6.45, 7) is 1.96. The lowest BCUT2D eigenvalue weighted by Gasteiger charge is -2.34. The number of nitrogens with zero attached hydrogens (tertiary/aromatic N) is 5. The van der Waals surface area contributed by atoms with E-state index >= 15 is 0 Å². The number of carbonyl (C=O) groups is 1. The summed E-state index contributed by atoms with van der Waals surface area (Å²) >= 11 is 6.11. The average molecular weight is 378 g/mol. The van der Waals surface area contributed by atoms with Gasteiger partial charge in [-0.1, -0.05) is 11.6 Å². The first-order valence-corrected chi connectivity index (χ1v) is 8.41. The normalized spacial score (nSPS) is 14.9. The fraction of sp³-hybridized carbons (Fsp3) is 0.235. The Hall–Kier alpha value is -2.74. The van der Waals surface area contributed by atoms with E-state index in [-0.39, 0.29) is 11.5 Å². The maximum Gasteiger partial charge on any atom is 0.254 e. The van der Waals surface area contributed by atoms with Gasteiger partial charge >= 0.3 is 0 Å². The zero-order valence-corrected chi connectivity index (χ0v) is 14.3. The first kappa shape index (κ1) is 16.7. The molecule has 1 fully saturated rings. The van der Waals surface area contributed by atoms with Crippen molar-refractivity contribution in [3.8, 4) is 0 Å². The number of rotatable bonds is 2. The van der Waals surface area contributed by atoms with E-state index in [0.717, 1.165) is 12.1 Å². The van der Waals surface area contributed by atoms with Crippen LogP contribution in [-0.2, 0) is 0 Å². The molecule has 1 aliphatic rings. The molecule has 1 saturated heterocycles. The Balaban J connectivity index is 1.49. The molecule has 1 amide bonds. The summed E-state index contributed by atoms with van der Waals surface area (Å²) in [6, 6.07) is 6.74. The summed E-state index contributed by atoms with van der Waals surface area (Å²) in [5.74, 6) is -1.66. The van der Waals surface area contributed by atoms with Gasteiger partial charge in [0.2, 0.25) is 5.95 Å². The molecule has 0 spiro atoms. The molecular weight excluding hydrogens is 364 g/mol. The lowest BCUT2D eigenvalue weighted by atomic mass is 10.1. The second-order valence-electron chi connectivity index (χ2n) is 5.96. The fourth-order valence-corrected chi connectivity index (χ4v) is 3.21. The van der Waals surface area contributed by atoms with Gasteiger partial charge in [-0.2, -0.15) is 0 Å². The Morgan fingerprint density at radius 1 is 1.04 bits per heavy atom. The van der Waals surface area contributed by atoms with Gasteiger partial charge in [0.1, 0.15) is 0 Å². The maximum absolute atomic E-state index is 13.4. The predicted octanol–water partition coefficient (Wildman–Crippen LogP) is 2.62. The van der Waals surface area contributed by atoms with Gasteiger partial charge in [-0.25, -0.2) is 8.78 Å². The molecule has 0 bridgehead atoms. The number of fused-ring (bicyclic) bond motifs is 1. The smallest absolute Gasteiger partial charge is 0.254 e. The number of halogens is 3. The molecule has 0 unspecified atom stereocenters. The van der Waals surface area contributed by atoms with E-state index in [1.54, 1.807) is 15.4 Å². The van der Waals surface area contributed by atoms with Crippen molar-refractivity contribution in [2.45, 2.75) is 0 Å². The van der Waals surface area contributed by atoms with E-state index in [1.165, 1.54) is 6.07 Å². The lowest BCUT2D eigenvalue weighted by Crippen LogP contribution is -2.49. The number of anilines is 1. The van der Waals surface area contributed by atoms with E-state index in [0.29, 0.717) is 42.8 Å². The van der Waals surface area contributed by atoms with Gasteiger partial charge in [0.05, 0.1) is 5.02 Å². The van der Waals surface area contributed by atoms with Crippen LogP contribution in [0.1, 0.15) is 10.4 Å². The molecule has 0 aliphatic carbocycles. The summed E-state index contributed by atoms with van der Waals surface area (Å²) in [5.41, 5.74) is 0.710. The molecule has 9 heteroatoms. The van der Waals surface area contributed by atoms with Crippen molar-refractivity contribution in [1.82, 2.24) is 19.5 Å². The topological polar surface area (TPSA) is 53.7 Å². The Morgan fingerprint density at radius 2 is 1.81 bits per heavy atom. The van der Waals surface area contributed by atoms with Crippen molar-refractivity contribution in [2.75, 3.05) is 31.1 Å². The fourth-order valence-electron chi connectivity index (χ4n) is 3.01. The third-order valence-electron chi connectivity index (χ3n) is 4.39. The second-order valence-corrected chi connectivity index (χ2v) is 6.37. The SMILES string of the molecule is O=C(c1ccc(F)c(F)c1)N1CCN(c2nnc3c(Cl)cccn23)CC1. The number of amides is 1. The minimum atomic E-state index is -1.03. The highest BCUT2D eigenvalue weighted by Crippen LogP contribution is 2.21. The molecule has 3 heterocycles. The molecule has 0 atom stereocenters. The van der Waals surface area contributed by atoms with Crippen LogP contribution in [0.25, 0.3) is 5.65 Å². The van der Waals surface area contributed by atoms with E-state index in [2.05, 4.69) is 10.2 Å². The van der Waals surface area contributed by atoms with Crippen LogP contribution >= 0.6 is 11.6 Å². The maximum atomic E-state index is 13.4. The highest BCUT2D eigenvalue weighted by atomic mass is 35.5. The highest BCUT2D eigenvalue weighted by molar-refractivity contribution is 6.33. The Morgan fingerprint density at radius 3 is 2.54 bits per heavy atom. The van der Waals surface area contributed by atoms with E-state index in [9.17, 15) is 13.6 Å². The highest BCUT2D eigenvalue weighted by Gasteiger charge is 2.25. The molecule has 0 saturated carbocycles. The van der Waals surface area contributed by atoms with Crippen LogP contribution in [0.5, 0.6) is 0 Å². The largest absolute Gasteiger partial charge is 0.337 e. The average Bonchev–Trinajstić information content (AvgIpc) is 3.09. The Bertz CT molecular complexity index is 984. The summed E-state index contributed by atoms with van der Waals surface area (Å²) in [7, 11) is 0. The molecular formula is C17H14ClF2N5O. The molecule has 1 aromatic carbocycles. The molecule has 0 radical (unpaired) electrons. The van der Waals surface area contributed by atoms with Gasteiger partial charge in [-0.15, -0.1) is 10.2 Å². The van der Waals surface area contributed by atoms with Crippen molar-refractivity contribution in [1.29, 1.82) is 0 Å². The zero-order valence-electron chi connectivity index (χ0n) is 13.6. The molecule has 26 heavy (non-hydrogen) atoms. The standard InChI is InChI=1S/C17H14ClF2N5O/c18-12-2-1-5-25-15(12)21-22-17(25)24-8-6-23(7-9-24)16(26)11-3-4-13(19)14(20)10-11/h1-5,10H,6-9H2. The summed E-state index contributed by atoms with van der Waals surface area (Å²) in [6.07, 6.45) is 1.83. The predicted molar refractivity (Wildman–Crippen MR) is 92.5 cm³/mol. The number of hydrogen-bond donors (Lipinski definition) is 0. The first-order valence-electron chi connectivity index (χ1n) is 8.03. The molecule has 2 aromatic heterocycles. The minimum Gasteiger partial charge on any atom is -0.337 e. The van der Waals surface area contributed by atoms with Crippen LogP contribution in [0.15, 0.2) is 36.5 Å². The number of piperazine rings is 1. The van der Waals surface area contributed by atoms with Gasteiger partial charge in [0.15, 0.2) is 17.3 Å². The Kier molecular flexibility index (Phi) is 4.20. The summed E-state index contributed by atoms with van der Waals surface area (Å²) in [4.78, 5) is 16.1. The van der Waals surface area contributed by atoms with E-state index in [1.807, 2.05) is 17.2 Å². The minimum absolute atomic E-state index is 0.136. The number of hydrogen-bond acceptors (Lipinski definition) is 4. The van der Waals surface area contributed by atoms with Crippen LogP contribution in [0.4, 0.5) is 14.7 Å². The van der Waals surface area contributed by atoms with Crippen LogP contribution in [0.3, 0.4) is 0 Å². The quantitative estimate of drug-likeness (QED) is 0.689. The van der Waals surface area contributed by atoms with Crippen molar-refractivity contribution in [3.05, 3.63) is 58.7 Å². The Labute approximate surface area is 152 Å². The molecule has 4 rings (SSSR count). The lowest BCUT2D eigenvalue weighted by molar-refractivity contribution is 0.0745. The van der Waals surface area contributed by atoms with Gasteiger partial charge in [0.25, 0.3) is 5.91 Å². The van der Waals surface area contributed by atoms with E-state index in [4.69, 9.17) is 11.6 Å². The molecule has 6 nitrogen and oxygen atoms in total. The van der Waals surface area contributed by atoms with Crippen LogP contribution in [-0.4, -0.2) is 51.6 Å². The van der Waals surface area contributed by atoms with Crippen LogP contribution in [0.2, 0.25) is 5.02 Å². The molecule has 134 valence electrons. The molecule has 1 aliphatic heterocycles. The summed E-state index contributed by atoms with van der Waals surface area (Å²) < 4.78 is 28.2. The second kappa shape index (κ2) is 6.53. The van der Waals surface area contributed by atoms with Crippen molar-refractivity contribution in [3.63, 3.8) is 0 Å². The first-order chi connectivity index (χ1) is 12.5. The number of carbonyl (C=O) groups excluding carboxylic acids is 1. The third-order valence-corrected chi connectivity index (χ3v) is 4.68. The van der Waals surface area contributed by atoms with Gasteiger partial charge in [-0.3, -0.25) is 9.20 Å². The third kappa shape index (κ3) is 2.86. The number of benzene rings is 1. The molecule has 3 aromatic rings. The van der Waals surface area contributed by atoms with Crippen molar-refractivity contribution in [2.24, 2.45) is 0 Å². The van der Waals surface area contributed by atoms with Gasteiger partial charge in [-0.05, 0) is 30.3 Å². The zero-order chi connectivity index (χ0) is 18.3. The monoisotopic (exact) mass is 377 g/mol.